The summed E-state index contributed by atoms with van der Waals surface area (Å²) < 4.78 is 0. The quantitative estimate of drug-likeness (QED) is 0.501. The van der Waals surface area contributed by atoms with E-state index in [2.05, 4.69) is 23.5 Å². The van der Waals surface area contributed by atoms with Crippen LogP contribution >= 0.6 is 0 Å². The Hall–Kier alpha value is -3.26. The summed E-state index contributed by atoms with van der Waals surface area (Å²) in [4.78, 5) is 0. The lowest BCUT2D eigenvalue weighted by Crippen LogP contribution is -2.12. The highest BCUT2D eigenvalue weighted by Gasteiger charge is 2.19. The molecule has 0 aliphatic rings. The van der Waals surface area contributed by atoms with E-state index in [-0.39, 0.29) is 6.04 Å². The lowest BCUT2D eigenvalue weighted by atomic mass is 9.94. The third kappa shape index (κ3) is 3.07. The normalized spacial score (nSPS) is 12.0. The number of fused-ring (bicyclic) bond motifs is 1. The maximum atomic E-state index is 10.9. The van der Waals surface area contributed by atoms with E-state index < -0.39 is 0 Å². The molecule has 25 heavy (non-hydrogen) atoms. The fraction of sp³-hybridized carbons (Fsp3) is 0.0435. The minimum absolute atomic E-state index is 0.131. The molecule has 0 radical (unpaired) electrons. The van der Waals surface area contributed by atoms with Crippen LogP contribution in [0.15, 0.2) is 97.1 Å². The van der Waals surface area contributed by atoms with Crippen LogP contribution in [0.2, 0.25) is 0 Å². The summed E-state index contributed by atoms with van der Waals surface area (Å²) in [6.45, 7) is 0. The average Bonchev–Trinajstić information content (AvgIpc) is 2.69. The van der Waals surface area contributed by atoms with Gasteiger partial charge in [-0.1, -0.05) is 84.9 Å². The first-order chi connectivity index (χ1) is 12.3. The van der Waals surface area contributed by atoms with Gasteiger partial charge in [0.15, 0.2) is 0 Å². The van der Waals surface area contributed by atoms with E-state index in [4.69, 9.17) is 0 Å². The van der Waals surface area contributed by atoms with Gasteiger partial charge in [0.1, 0.15) is 5.75 Å². The molecule has 0 saturated carbocycles. The Balaban J connectivity index is 1.85. The summed E-state index contributed by atoms with van der Waals surface area (Å²) in [7, 11) is 0. The Morgan fingerprint density at radius 2 is 1.28 bits per heavy atom. The molecule has 0 bridgehead atoms. The summed E-state index contributed by atoms with van der Waals surface area (Å²) in [6, 6.07) is 32.1. The molecule has 0 amide bonds. The third-order valence-electron chi connectivity index (χ3n) is 4.46. The second-order valence-corrected chi connectivity index (χ2v) is 6.08. The Morgan fingerprint density at radius 1 is 0.640 bits per heavy atom. The molecule has 122 valence electrons. The number of benzene rings is 4. The molecule has 4 rings (SSSR count). The molecular formula is C23H19NO. The number of hydrogen-bond acceptors (Lipinski definition) is 2. The van der Waals surface area contributed by atoms with Gasteiger partial charge in [0.2, 0.25) is 0 Å². The molecule has 2 nitrogen and oxygen atoms in total. The van der Waals surface area contributed by atoms with Crippen LogP contribution in [-0.2, 0) is 0 Å². The van der Waals surface area contributed by atoms with Crippen LogP contribution < -0.4 is 5.32 Å². The molecule has 2 heteroatoms. The molecular weight excluding hydrogens is 306 g/mol. The smallest absolute Gasteiger partial charge is 0.129 e. The van der Waals surface area contributed by atoms with E-state index >= 15 is 0 Å². The Kier molecular flexibility index (Phi) is 4.09. The van der Waals surface area contributed by atoms with Gasteiger partial charge in [-0.2, -0.15) is 0 Å². The van der Waals surface area contributed by atoms with Crippen LogP contribution in [0.25, 0.3) is 10.8 Å². The number of para-hydroxylation sites is 1. The van der Waals surface area contributed by atoms with Crippen LogP contribution in [0.1, 0.15) is 17.2 Å². The Morgan fingerprint density at radius 3 is 2.04 bits per heavy atom. The number of hydrogen-bond donors (Lipinski definition) is 2. The van der Waals surface area contributed by atoms with Crippen LogP contribution in [0.4, 0.5) is 5.69 Å². The van der Waals surface area contributed by atoms with Crippen molar-refractivity contribution in [3.05, 3.63) is 108 Å². The van der Waals surface area contributed by atoms with Crippen molar-refractivity contribution in [1.82, 2.24) is 0 Å². The minimum atomic E-state index is -0.131. The van der Waals surface area contributed by atoms with Gasteiger partial charge in [-0.05, 0) is 23.1 Å². The number of rotatable bonds is 4. The van der Waals surface area contributed by atoms with Crippen LogP contribution in [0.3, 0.4) is 0 Å². The highest BCUT2D eigenvalue weighted by Crippen LogP contribution is 2.37. The summed E-state index contributed by atoms with van der Waals surface area (Å²) in [6.07, 6.45) is 0. The molecule has 0 aliphatic heterocycles. The number of phenols is 1. The van der Waals surface area contributed by atoms with Crippen molar-refractivity contribution >= 4 is 16.5 Å². The summed E-state index contributed by atoms with van der Waals surface area (Å²) in [5, 5.41) is 16.4. The van der Waals surface area contributed by atoms with Gasteiger partial charge in [-0.15, -0.1) is 0 Å². The maximum absolute atomic E-state index is 10.9. The highest BCUT2D eigenvalue weighted by molar-refractivity contribution is 5.89. The molecule has 1 atom stereocenters. The maximum Gasteiger partial charge on any atom is 0.129 e. The standard InChI is InChI=1S/C23H19NO/c25-23-20-14-8-7-9-17(20)15-16-21(23)22(18-10-3-1-4-11-18)24-19-12-5-2-6-13-19/h1-16,22,24-25H. The van der Waals surface area contributed by atoms with E-state index in [0.717, 1.165) is 27.6 Å². The SMILES string of the molecule is Oc1c(C(Nc2ccccc2)c2ccccc2)ccc2ccccc12. The summed E-state index contributed by atoms with van der Waals surface area (Å²) >= 11 is 0. The van der Waals surface area contributed by atoms with Crippen molar-refractivity contribution < 1.29 is 5.11 Å². The fourth-order valence-electron chi connectivity index (χ4n) is 3.19. The molecule has 0 spiro atoms. The zero-order chi connectivity index (χ0) is 17.1. The molecule has 0 fully saturated rings. The summed E-state index contributed by atoms with van der Waals surface area (Å²) in [5.41, 5.74) is 2.99. The first-order valence-electron chi connectivity index (χ1n) is 8.40. The van der Waals surface area contributed by atoms with E-state index in [1.54, 1.807) is 0 Å². The lowest BCUT2D eigenvalue weighted by Gasteiger charge is -2.22. The van der Waals surface area contributed by atoms with Gasteiger partial charge < -0.3 is 10.4 Å². The van der Waals surface area contributed by atoms with E-state index in [0.29, 0.717) is 5.75 Å². The topological polar surface area (TPSA) is 32.3 Å². The lowest BCUT2D eigenvalue weighted by molar-refractivity contribution is 0.473. The molecule has 2 N–H and O–H groups in total. The first-order valence-corrected chi connectivity index (χ1v) is 8.40. The molecule has 0 aromatic heterocycles. The molecule has 0 aliphatic carbocycles. The van der Waals surface area contributed by atoms with Crippen molar-refractivity contribution in [2.75, 3.05) is 5.32 Å². The van der Waals surface area contributed by atoms with Gasteiger partial charge in [0.05, 0.1) is 6.04 Å². The van der Waals surface area contributed by atoms with Crippen molar-refractivity contribution in [3.8, 4) is 5.75 Å². The Bertz CT molecular complexity index is 981. The van der Waals surface area contributed by atoms with Gasteiger partial charge in [0.25, 0.3) is 0 Å². The first kappa shape index (κ1) is 15.3. The summed E-state index contributed by atoms with van der Waals surface area (Å²) in [5.74, 6) is 0.329. The van der Waals surface area contributed by atoms with Gasteiger partial charge in [-0.3, -0.25) is 0 Å². The second kappa shape index (κ2) is 6.70. The zero-order valence-corrected chi connectivity index (χ0v) is 13.8. The van der Waals surface area contributed by atoms with Gasteiger partial charge >= 0.3 is 0 Å². The van der Waals surface area contributed by atoms with Crippen molar-refractivity contribution in [1.29, 1.82) is 0 Å². The van der Waals surface area contributed by atoms with Crippen LogP contribution in [0, 0.1) is 0 Å². The minimum Gasteiger partial charge on any atom is -0.507 e. The monoisotopic (exact) mass is 325 g/mol. The van der Waals surface area contributed by atoms with Gasteiger partial charge in [0, 0.05) is 16.6 Å². The number of phenolic OH excluding ortho intramolecular Hbond substituents is 1. The predicted octanol–water partition coefficient (Wildman–Crippen LogP) is 5.75. The number of anilines is 1. The zero-order valence-electron chi connectivity index (χ0n) is 13.8. The van der Waals surface area contributed by atoms with Crippen molar-refractivity contribution in [2.45, 2.75) is 6.04 Å². The second-order valence-electron chi connectivity index (χ2n) is 6.08. The van der Waals surface area contributed by atoms with Gasteiger partial charge in [-0.25, -0.2) is 0 Å². The number of aromatic hydroxyl groups is 1. The van der Waals surface area contributed by atoms with Crippen molar-refractivity contribution in [2.24, 2.45) is 0 Å². The van der Waals surface area contributed by atoms with Crippen LogP contribution in [-0.4, -0.2) is 5.11 Å². The van der Waals surface area contributed by atoms with E-state index in [1.807, 2.05) is 78.9 Å². The largest absolute Gasteiger partial charge is 0.507 e. The molecule has 0 saturated heterocycles. The molecule has 1 unspecified atom stereocenters. The average molecular weight is 325 g/mol. The Labute approximate surface area is 147 Å². The van der Waals surface area contributed by atoms with Crippen LogP contribution in [0.5, 0.6) is 5.75 Å². The molecule has 0 heterocycles. The fourth-order valence-corrected chi connectivity index (χ4v) is 3.19. The molecule has 4 aromatic rings. The number of nitrogens with one attached hydrogen (secondary N) is 1. The highest BCUT2D eigenvalue weighted by atomic mass is 16.3. The van der Waals surface area contributed by atoms with Crippen molar-refractivity contribution in [3.63, 3.8) is 0 Å². The van der Waals surface area contributed by atoms with E-state index in [9.17, 15) is 5.11 Å². The molecule has 4 aromatic carbocycles. The van der Waals surface area contributed by atoms with E-state index in [1.165, 1.54) is 0 Å². The third-order valence-corrected chi connectivity index (χ3v) is 4.46. The predicted molar refractivity (Wildman–Crippen MR) is 104 cm³/mol.